The highest BCUT2D eigenvalue weighted by atomic mass is 32.2. The first-order valence-corrected chi connectivity index (χ1v) is 25.6. The summed E-state index contributed by atoms with van der Waals surface area (Å²) in [6.45, 7) is -1.56. The molecule has 4 aromatic carbocycles. The zero-order valence-corrected chi connectivity index (χ0v) is 41.9. The van der Waals surface area contributed by atoms with Crippen molar-refractivity contribution < 1.29 is 127 Å². The van der Waals surface area contributed by atoms with E-state index in [1.165, 1.54) is 30.3 Å². The predicted molar refractivity (Wildman–Crippen MR) is 266 cm³/mol. The molecule has 7 rings (SSSR count). The number of alkyl halides is 6. The maximum Gasteiger partial charge on any atom is 0.534 e. The minimum atomic E-state index is -6.09. The molecule has 12 N–H and O–H groups in total. The summed E-state index contributed by atoms with van der Waals surface area (Å²) in [7, 11) is -12.2. The van der Waals surface area contributed by atoms with Crippen LogP contribution in [0.2, 0.25) is 0 Å². The van der Waals surface area contributed by atoms with Gasteiger partial charge >= 0.3 is 31.3 Å². The molecule has 15 atom stereocenters. The Morgan fingerprint density at radius 2 is 0.887 bits per heavy atom. The van der Waals surface area contributed by atoms with Gasteiger partial charge in [-0.25, -0.2) is 0 Å². The van der Waals surface area contributed by atoms with Gasteiger partial charge in [-0.2, -0.15) is 43.2 Å². The van der Waals surface area contributed by atoms with E-state index in [0.29, 0.717) is 34.9 Å². The van der Waals surface area contributed by atoms with Crippen molar-refractivity contribution in [3.8, 4) is 69.8 Å². The van der Waals surface area contributed by atoms with Crippen LogP contribution in [-0.2, 0) is 34.4 Å². The van der Waals surface area contributed by atoms with Crippen molar-refractivity contribution in [2.45, 2.75) is 110 Å². The third kappa shape index (κ3) is 16.1. The second-order valence-electron chi connectivity index (χ2n) is 17.1. The van der Waals surface area contributed by atoms with Gasteiger partial charge in [-0.3, -0.25) is 0 Å². The third-order valence-electron chi connectivity index (χ3n) is 11.7. The molecular weight excluding hydrogens is 1130 g/mol. The highest BCUT2D eigenvalue weighted by Gasteiger charge is 2.50. The second kappa shape index (κ2) is 28.2. The van der Waals surface area contributed by atoms with E-state index in [1.807, 2.05) is 30.3 Å². The molecule has 4 aromatic rings. The summed E-state index contributed by atoms with van der Waals surface area (Å²) in [6, 6.07) is 22.8. The smallest absolute Gasteiger partial charge is 0.394 e. The average Bonchev–Trinajstić information content (AvgIpc) is 3.41. The summed E-state index contributed by atoms with van der Waals surface area (Å²) in [5.74, 6) is 11.6. The van der Waals surface area contributed by atoms with Crippen LogP contribution in [0.4, 0.5) is 26.3 Å². The van der Waals surface area contributed by atoms with Crippen molar-refractivity contribution in [1.29, 1.82) is 0 Å². The van der Waals surface area contributed by atoms with Crippen molar-refractivity contribution in [1.82, 2.24) is 0 Å². The molecule has 0 saturated carbocycles. The molecule has 3 aliphatic heterocycles. The zero-order chi connectivity index (χ0) is 58.8. The van der Waals surface area contributed by atoms with Gasteiger partial charge in [0.2, 0.25) is 0 Å². The molecule has 21 nitrogen and oxygen atoms in total. The van der Waals surface area contributed by atoms with Crippen molar-refractivity contribution in [3.05, 3.63) is 108 Å². The third-order valence-corrected chi connectivity index (χ3v) is 13.6. The first-order chi connectivity index (χ1) is 37.0. The van der Waals surface area contributed by atoms with Crippen LogP contribution in [0, 0.1) is 36.0 Å². The molecule has 438 valence electrons. The van der Waals surface area contributed by atoms with Crippen molar-refractivity contribution in [2.75, 3.05) is 19.8 Å². The number of ether oxygens (including phenoxy) is 3. The van der Waals surface area contributed by atoms with Gasteiger partial charge in [-0.05, 0) is 53.1 Å². The van der Waals surface area contributed by atoms with Crippen LogP contribution in [-0.4, -0.2) is 201 Å². The van der Waals surface area contributed by atoms with E-state index in [-0.39, 0.29) is 13.0 Å². The van der Waals surface area contributed by atoms with Gasteiger partial charge in [0.1, 0.15) is 97.3 Å². The lowest BCUT2D eigenvalue weighted by molar-refractivity contribution is -0.214. The number of halogens is 6. The Morgan fingerprint density at radius 1 is 0.487 bits per heavy atom. The first kappa shape index (κ1) is 66.6. The first-order valence-electron chi connectivity index (χ1n) is 22.8. The molecule has 29 heteroatoms. The fraction of sp³-hybridized carbons (Fsp3) is 0.412. The van der Waals surface area contributed by atoms with E-state index in [2.05, 4.69) is 38.0 Å². The Morgan fingerprint density at radius 3 is 1.31 bits per heavy atom. The SMILES string of the molecule is C.C#C[C@H]1O[C@H](CO)[C@@H](O)[C@H](O)[C@@H]1O.O=S(=O)(Oc1ccc(OS(=O)(=O)C(F)(F)F)c(-c2ccccc2)c1)C(F)(F)F.OC[C@H]1O[C@H](C#Cc2ccc(C#C[C@H]3O[C@H](CO)[C@@H](O)[C@H](O)[C@@H]3O)c(-c3ccccc3)c2)[C@@H](O)[C@@H](O)[C@@H]1O. The van der Waals surface area contributed by atoms with Crippen LogP contribution in [0.3, 0.4) is 0 Å². The fourth-order valence-electron chi connectivity index (χ4n) is 7.39. The van der Waals surface area contributed by atoms with Crippen LogP contribution >= 0.6 is 0 Å². The Kier molecular flexibility index (Phi) is 23.4. The molecule has 0 unspecified atom stereocenters. The molecular formula is C51H54F6O21S2. The molecule has 3 fully saturated rings. The molecule has 0 bridgehead atoms. The van der Waals surface area contributed by atoms with Gasteiger partial charge in [0.15, 0.2) is 5.75 Å². The minimum Gasteiger partial charge on any atom is -0.394 e. The van der Waals surface area contributed by atoms with Crippen LogP contribution in [0.25, 0.3) is 22.3 Å². The number of terminal acetylenes is 1. The quantitative estimate of drug-likeness (QED) is 0.0441. The average molecular weight is 1180 g/mol. The summed E-state index contributed by atoms with van der Waals surface area (Å²) in [6.07, 6.45) is -14.3. The lowest BCUT2D eigenvalue weighted by Gasteiger charge is -2.37. The molecule has 0 spiro atoms. The number of aliphatic hydroxyl groups excluding tert-OH is 12. The Labute approximate surface area is 453 Å². The standard InChI is InChI=1S/C28H30O10.C14H8F6O6S2.C8H12O5.CH4/c29-13-21-25(33)27(35)23(31)19(37-21)10-7-15-6-8-17(18(12-15)16-4-2-1-3-5-16)9-11-20-24(32)28(36)26(34)22(14-30)38-20;15-13(16,17)27(21,22)25-10-6-7-12(26-28(23,24)14(18,19)20)11(8-10)9-4-2-1-3-5-9;1-2-4-6(10)8(12)7(11)5(3-9)13-4;/h1-6,8,12,19-36H,13-14H2;1-8H;1,4-12H,3H2;1H4/t19-,20-,21-,22-,23-,24-,25-,26-,27-,28-;;4-,5-,6-,7-,8-;/m1.1./s1. The van der Waals surface area contributed by atoms with Gasteiger partial charge < -0.3 is 83.9 Å². The molecule has 3 aliphatic rings. The largest absolute Gasteiger partial charge is 0.534 e. The highest BCUT2D eigenvalue weighted by Crippen LogP contribution is 2.38. The Balaban J connectivity index is 0.000000287. The second-order valence-corrected chi connectivity index (χ2v) is 20.1. The minimum absolute atomic E-state index is 0. The lowest BCUT2D eigenvalue weighted by Crippen LogP contribution is -2.58. The van der Waals surface area contributed by atoms with Crippen LogP contribution < -0.4 is 8.37 Å². The van der Waals surface area contributed by atoms with Crippen LogP contribution in [0.5, 0.6) is 11.5 Å². The molecule has 80 heavy (non-hydrogen) atoms. The number of benzene rings is 4. The van der Waals surface area contributed by atoms with E-state index in [4.69, 9.17) is 25.7 Å². The lowest BCUT2D eigenvalue weighted by atomic mass is 9.94. The van der Waals surface area contributed by atoms with Crippen molar-refractivity contribution >= 4 is 20.2 Å². The number of aliphatic hydroxyl groups is 12. The molecule has 3 saturated heterocycles. The van der Waals surface area contributed by atoms with Crippen molar-refractivity contribution in [2.24, 2.45) is 0 Å². The maximum atomic E-state index is 12.5. The Hall–Kier alpha value is -5.96. The number of rotatable bonds is 9. The fourth-order valence-corrected chi connectivity index (χ4v) is 8.32. The van der Waals surface area contributed by atoms with Crippen LogP contribution in [0.15, 0.2) is 97.1 Å². The van der Waals surface area contributed by atoms with E-state index in [0.717, 1.165) is 5.56 Å². The van der Waals surface area contributed by atoms with Gasteiger partial charge in [0.05, 0.1) is 19.8 Å². The zero-order valence-electron chi connectivity index (χ0n) is 40.2. The topological polar surface area (TPSA) is 357 Å². The van der Waals surface area contributed by atoms with Gasteiger partial charge in [-0.1, -0.05) is 97.7 Å². The van der Waals surface area contributed by atoms with Gasteiger partial charge in [-0.15, -0.1) is 6.42 Å². The maximum absolute atomic E-state index is 12.5. The van der Waals surface area contributed by atoms with E-state index in [9.17, 15) is 99.3 Å². The molecule has 0 aromatic heterocycles. The number of hydrogen-bond donors (Lipinski definition) is 12. The van der Waals surface area contributed by atoms with Crippen LogP contribution in [0.1, 0.15) is 18.6 Å². The summed E-state index contributed by atoms with van der Waals surface area (Å²) in [4.78, 5) is 0. The molecule has 0 aliphatic carbocycles. The highest BCUT2D eigenvalue weighted by molar-refractivity contribution is 7.88. The Bertz CT molecular complexity index is 3070. The predicted octanol–water partition coefficient (Wildman–Crippen LogP) is -0.350. The molecule has 0 amide bonds. The molecule has 3 heterocycles. The summed E-state index contributed by atoms with van der Waals surface area (Å²) >= 11 is 0. The normalized spacial score (nSPS) is 28.6. The molecule has 0 radical (unpaired) electrons. The van der Waals surface area contributed by atoms with E-state index < -0.39 is 160 Å². The van der Waals surface area contributed by atoms with Gasteiger partial charge in [0.25, 0.3) is 0 Å². The summed E-state index contributed by atoms with van der Waals surface area (Å²) < 4.78 is 143. The van der Waals surface area contributed by atoms with Gasteiger partial charge in [0, 0.05) is 16.7 Å². The van der Waals surface area contributed by atoms with E-state index in [1.54, 1.807) is 18.2 Å². The van der Waals surface area contributed by atoms with Crippen molar-refractivity contribution in [3.63, 3.8) is 0 Å². The monoisotopic (exact) mass is 1180 g/mol. The van der Waals surface area contributed by atoms with E-state index >= 15 is 0 Å². The summed E-state index contributed by atoms with van der Waals surface area (Å²) in [5.41, 5.74) is -9.39. The summed E-state index contributed by atoms with van der Waals surface area (Å²) in [5, 5.41) is 116. The number of hydrogen-bond acceptors (Lipinski definition) is 21.